The number of benzene rings is 2. The predicted octanol–water partition coefficient (Wildman–Crippen LogP) is 3.47. The number of hydrogen-bond donors (Lipinski definition) is 1. The third-order valence-corrected chi connectivity index (χ3v) is 3.27. The highest BCUT2D eigenvalue weighted by molar-refractivity contribution is 5.97. The van der Waals surface area contributed by atoms with Crippen LogP contribution in [0.3, 0.4) is 0 Å². The van der Waals surface area contributed by atoms with Gasteiger partial charge in [-0.25, -0.2) is 0 Å². The lowest BCUT2D eigenvalue weighted by atomic mass is 10.1. The minimum absolute atomic E-state index is 0.0378. The Morgan fingerprint density at radius 3 is 2.59 bits per heavy atom. The number of carbonyl (C=O) groups excluding carboxylic acids is 2. The molecule has 0 aliphatic heterocycles. The van der Waals surface area contributed by atoms with Crippen LogP contribution in [0.15, 0.2) is 48.5 Å². The monoisotopic (exact) mass is 297 g/mol. The number of anilines is 1. The molecule has 0 saturated heterocycles. The molecule has 0 fully saturated rings. The first-order valence-electron chi connectivity index (χ1n) is 7.21. The average Bonchev–Trinajstić information content (AvgIpc) is 2.53. The van der Waals surface area contributed by atoms with Gasteiger partial charge in [0.05, 0.1) is 0 Å². The van der Waals surface area contributed by atoms with Crippen LogP contribution >= 0.6 is 0 Å². The zero-order valence-electron chi connectivity index (χ0n) is 12.8. The zero-order valence-corrected chi connectivity index (χ0v) is 12.8. The number of amides is 1. The number of nitrogens with one attached hydrogen (secondary N) is 1. The van der Waals surface area contributed by atoms with Gasteiger partial charge in [-0.15, -0.1) is 0 Å². The number of Topliss-reactive ketones (excluding diaryl/α,β-unsaturated/α-hetero) is 1. The van der Waals surface area contributed by atoms with Gasteiger partial charge >= 0.3 is 0 Å². The normalized spacial score (nSPS) is 10.1. The second-order valence-corrected chi connectivity index (χ2v) is 4.94. The van der Waals surface area contributed by atoms with Crippen molar-refractivity contribution in [1.82, 2.24) is 0 Å². The molecule has 2 aromatic carbocycles. The molecule has 0 unspecified atom stereocenters. The highest BCUT2D eigenvalue weighted by Crippen LogP contribution is 2.18. The van der Waals surface area contributed by atoms with E-state index in [0.29, 0.717) is 11.3 Å². The van der Waals surface area contributed by atoms with E-state index in [1.807, 2.05) is 31.2 Å². The van der Waals surface area contributed by atoms with Gasteiger partial charge in [0, 0.05) is 11.3 Å². The summed E-state index contributed by atoms with van der Waals surface area (Å²) in [6.07, 6.45) is 0.846. The summed E-state index contributed by atoms with van der Waals surface area (Å²) >= 11 is 0. The molecule has 1 amide bonds. The third kappa shape index (κ3) is 4.19. The molecule has 0 bridgehead atoms. The third-order valence-electron chi connectivity index (χ3n) is 3.27. The molecule has 0 aliphatic carbocycles. The lowest BCUT2D eigenvalue weighted by Gasteiger charge is -2.10. The maximum atomic E-state index is 11.9. The van der Waals surface area contributed by atoms with Gasteiger partial charge in [0.1, 0.15) is 5.75 Å². The van der Waals surface area contributed by atoms with E-state index in [2.05, 4.69) is 5.32 Å². The minimum atomic E-state index is -0.258. The molecule has 0 aromatic heterocycles. The summed E-state index contributed by atoms with van der Waals surface area (Å²) in [5.74, 6) is 0.425. The number of carbonyl (C=O) groups is 2. The summed E-state index contributed by atoms with van der Waals surface area (Å²) in [5, 5.41) is 2.73. The largest absolute Gasteiger partial charge is 0.483 e. The van der Waals surface area contributed by atoms with Crippen LogP contribution in [0, 0.1) is 0 Å². The fraction of sp³-hybridized carbons (Fsp3) is 0.222. The Morgan fingerprint density at radius 1 is 1.09 bits per heavy atom. The molecule has 114 valence electrons. The van der Waals surface area contributed by atoms with Gasteiger partial charge in [0.25, 0.3) is 5.91 Å². The maximum absolute atomic E-state index is 11.9. The van der Waals surface area contributed by atoms with Gasteiger partial charge < -0.3 is 10.1 Å². The van der Waals surface area contributed by atoms with E-state index >= 15 is 0 Å². The number of ether oxygens (including phenoxy) is 1. The molecular formula is C18H19NO3. The number of para-hydroxylation sites is 1. The smallest absolute Gasteiger partial charge is 0.262 e. The van der Waals surface area contributed by atoms with Gasteiger partial charge in [0.15, 0.2) is 12.4 Å². The van der Waals surface area contributed by atoms with Crippen molar-refractivity contribution in [2.45, 2.75) is 20.3 Å². The highest BCUT2D eigenvalue weighted by Gasteiger charge is 2.07. The van der Waals surface area contributed by atoms with Crippen molar-refractivity contribution in [2.75, 3.05) is 11.9 Å². The van der Waals surface area contributed by atoms with Crippen LogP contribution < -0.4 is 10.1 Å². The van der Waals surface area contributed by atoms with E-state index in [1.54, 1.807) is 24.3 Å². The Labute approximate surface area is 130 Å². The van der Waals surface area contributed by atoms with Crippen molar-refractivity contribution in [1.29, 1.82) is 0 Å². The molecule has 1 N–H and O–H groups in total. The first-order valence-corrected chi connectivity index (χ1v) is 7.21. The number of hydrogen-bond acceptors (Lipinski definition) is 3. The Morgan fingerprint density at radius 2 is 1.86 bits per heavy atom. The van der Waals surface area contributed by atoms with Gasteiger partial charge in [-0.05, 0) is 37.1 Å². The summed E-state index contributed by atoms with van der Waals surface area (Å²) < 4.78 is 5.56. The molecule has 22 heavy (non-hydrogen) atoms. The minimum Gasteiger partial charge on any atom is -0.483 e. The summed E-state index contributed by atoms with van der Waals surface area (Å²) in [6.45, 7) is 3.46. The predicted molar refractivity (Wildman–Crippen MR) is 86.4 cm³/mol. The Kier molecular flexibility index (Phi) is 5.31. The maximum Gasteiger partial charge on any atom is 0.262 e. The topological polar surface area (TPSA) is 55.4 Å². The summed E-state index contributed by atoms with van der Waals surface area (Å²) in [6, 6.07) is 14.5. The second kappa shape index (κ2) is 7.41. The molecule has 0 spiro atoms. The van der Waals surface area contributed by atoms with Crippen LogP contribution in [0.4, 0.5) is 5.69 Å². The Bertz CT molecular complexity index is 680. The van der Waals surface area contributed by atoms with E-state index in [1.165, 1.54) is 6.92 Å². The average molecular weight is 297 g/mol. The molecule has 2 rings (SSSR count). The van der Waals surface area contributed by atoms with E-state index in [-0.39, 0.29) is 18.3 Å². The summed E-state index contributed by atoms with van der Waals surface area (Å²) in [5.41, 5.74) is 2.22. The fourth-order valence-electron chi connectivity index (χ4n) is 2.09. The molecule has 0 aliphatic rings. The summed E-state index contributed by atoms with van der Waals surface area (Å²) in [4.78, 5) is 23.3. The van der Waals surface area contributed by atoms with Crippen LogP contribution in [-0.4, -0.2) is 18.3 Å². The molecule has 0 atom stereocenters. The van der Waals surface area contributed by atoms with Gasteiger partial charge in [-0.2, -0.15) is 0 Å². The molecule has 4 nitrogen and oxygen atoms in total. The first-order chi connectivity index (χ1) is 10.6. The van der Waals surface area contributed by atoms with Crippen LogP contribution in [-0.2, 0) is 11.2 Å². The van der Waals surface area contributed by atoms with E-state index in [4.69, 9.17) is 4.74 Å². The molecule has 0 heterocycles. The fourth-order valence-corrected chi connectivity index (χ4v) is 2.09. The van der Waals surface area contributed by atoms with Crippen LogP contribution in [0.5, 0.6) is 5.75 Å². The lowest BCUT2D eigenvalue weighted by Crippen LogP contribution is -2.20. The molecule has 2 aromatic rings. The van der Waals surface area contributed by atoms with Gasteiger partial charge in [-0.3, -0.25) is 9.59 Å². The van der Waals surface area contributed by atoms with Crippen molar-refractivity contribution >= 4 is 17.4 Å². The molecule has 0 radical (unpaired) electrons. The quantitative estimate of drug-likeness (QED) is 0.831. The van der Waals surface area contributed by atoms with E-state index < -0.39 is 0 Å². The van der Waals surface area contributed by atoms with Crippen molar-refractivity contribution < 1.29 is 14.3 Å². The molecular weight excluding hydrogens is 278 g/mol. The Hall–Kier alpha value is -2.62. The van der Waals surface area contributed by atoms with Crippen LogP contribution in [0.2, 0.25) is 0 Å². The van der Waals surface area contributed by atoms with Crippen LogP contribution in [0.1, 0.15) is 29.8 Å². The van der Waals surface area contributed by atoms with Crippen molar-refractivity contribution in [3.63, 3.8) is 0 Å². The highest BCUT2D eigenvalue weighted by atomic mass is 16.5. The second-order valence-electron chi connectivity index (χ2n) is 4.94. The Balaban J connectivity index is 1.96. The van der Waals surface area contributed by atoms with E-state index in [9.17, 15) is 9.59 Å². The zero-order chi connectivity index (χ0) is 15.9. The summed E-state index contributed by atoms with van der Waals surface area (Å²) in [7, 11) is 0. The number of ketones is 1. The van der Waals surface area contributed by atoms with E-state index in [0.717, 1.165) is 17.7 Å². The van der Waals surface area contributed by atoms with Crippen molar-refractivity contribution in [3.8, 4) is 5.75 Å². The van der Waals surface area contributed by atoms with Crippen LogP contribution in [0.25, 0.3) is 0 Å². The standard InChI is InChI=1S/C18H19NO3/c1-3-14-7-4-5-10-17(14)22-12-18(21)19-16-9-6-8-15(11-16)13(2)20/h4-11H,3,12H2,1-2H3,(H,19,21). The molecule has 0 saturated carbocycles. The van der Waals surface area contributed by atoms with Gasteiger partial charge in [-0.1, -0.05) is 37.3 Å². The lowest BCUT2D eigenvalue weighted by molar-refractivity contribution is -0.118. The number of aryl methyl sites for hydroxylation is 1. The first kappa shape index (κ1) is 15.8. The van der Waals surface area contributed by atoms with Crippen molar-refractivity contribution in [3.05, 3.63) is 59.7 Å². The van der Waals surface area contributed by atoms with Crippen molar-refractivity contribution in [2.24, 2.45) is 0 Å². The SMILES string of the molecule is CCc1ccccc1OCC(=O)Nc1cccc(C(C)=O)c1. The van der Waals surface area contributed by atoms with Gasteiger partial charge in [0.2, 0.25) is 0 Å². The molecule has 4 heteroatoms. The number of rotatable bonds is 6.